The van der Waals surface area contributed by atoms with Crippen molar-refractivity contribution in [2.45, 2.75) is 33.1 Å². The largest absolute Gasteiger partial charge is 0.388 e. The van der Waals surface area contributed by atoms with Gasteiger partial charge in [-0.3, -0.25) is 0 Å². The van der Waals surface area contributed by atoms with Gasteiger partial charge >= 0.3 is 0 Å². The highest BCUT2D eigenvalue weighted by Gasteiger charge is 2.52. The number of hydrogen-bond acceptors (Lipinski definition) is 1. The number of aromatic nitrogens is 1. The van der Waals surface area contributed by atoms with Crippen LogP contribution in [0.25, 0.3) is 17.8 Å². The Bertz CT molecular complexity index is 1470. The Kier molecular flexibility index (Phi) is 8.04. The van der Waals surface area contributed by atoms with E-state index in [1.165, 1.54) is 44.3 Å². The van der Waals surface area contributed by atoms with E-state index in [1.54, 1.807) is 0 Å². The topological polar surface area (TPSA) is 17.0 Å². The number of nitrogens with one attached hydrogen (secondary N) is 1. The maximum Gasteiger partial charge on any atom is 0.206 e. The summed E-state index contributed by atoms with van der Waals surface area (Å²) in [6, 6.07) is 13.3. The molecular weight excluding hydrogens is 462 g/mol. The lowest BCUT2D eigenvalue weighted by molar-refractivity contribution is 0.749. The van der Waals surface area contributed by atoms with Crippen molar-refractivity contribution in [1.29, 1.82) is 0 Å². The van der Waals surface area contributed by atoms with Gasteiger partial charge in [-0.25, -0.2) is 4.48 Å². The third-order valence-corrected chi connectivity index (χ3v) is 7.20. The van der Waals surface area contributed by atoms with Gasteiger partial charge in [-0.1, -0.05) is 42.0 Å². The second kappa shape index (κ2) is 10.7. The lowest BCUT2D eigenvalue weighted by atomic mass is 9.92. The molecule has 186 valence electrons. The number of nitrogens with zero attached hydrogens (tertiary/aromatic N) is 2. The first-order valence-corrected chi connectivity index (χ1v) is 12.4. The zero-order valence-corrected chi connectivity index (χ0v) is 23.1. The van der Waals surface area contributed by atoms with Gasteiger partial charge in [-0.05, 0) is 49.6 Å². The molecule has 2 aromatic carbocycles. The van der Waals surface area contributed by atoms with E-state index in [0.717, 1.165) is 22.7 Å². The Balaban J connectivity index is 0.000000550. The Labute approximate surface area is 221 Å². The van der Waals surface area contributed by atoms with Gasteiger partial charge in [0.25, 0.3) is 0 Å². The predicted octanol–water partition coefficient (Wildman–Crippen LogP) is 6.67. The second-order valence-electron chi connectivity index (χ2n) is 9.78. The number of rotatable bonds is 4. The molecule has 0 saturated carbocycles. The van der Waals surface area contributed by atoms with Crippen LogP contribution in [0.5, 0.6) is 0 Å². The summed E-state index contributed by atoms with van der Waals surface area (Å²) in [6.07, 6.45) is 15.8. The average Bonchev–Trinajstić information content (AvgIpc) is 3.25. The van der Waals surface area contributed by atoms with Crippen LogP contribution in [0, 0.1) is 19.8 Å². The van der Waals surface area contributed by atoms with Crippen molar-refractivity contribution in [2.24, 2.45) is 7.05 Å². The van der Waals surface area contributed by atoms with Crippen LogP contribution < -0.4 is 20.4 Å². The Morgan fingerprint density at radius 1 is 1.11 bits per heavy atom. The Morgan fingerprint density at radius 2 is 1.75 bits per heavy atom. The van der Waals surface area contributed by atoms with E-state index < -0.39 is 0 Å². The van der Waals surface area contributed by atoms with E-state index in [2.05, 4.69) is 112 Å². The summed E-state index contributed by atoms with van der Waals surface area (Å²) < 4.78 is 2.88. The van der Waals surface area contributed by atoms with Gasteiger partial charge in [-0.2, -0.15) is 0 Å². The summed E-state index contributed by atoms with van der Waals surface area (Å²) in [7, 11) is 6.26. The summed E-state index contributed by atoms with van der Waals surface area (Å²) in [4.78, 5) is 0. The molecule has 3 aromatic rings. The molecule has 1 N–H and O–H groups in total. The third-order valence-electron chi connectivity index (χ3n) is 6.87. The van der Waals surface area contributed by atoms with E-state index in [0.29, 0.717) is 10.4 Å². The van der Waals surface area contributed by atoms with E-state index in [-0.39, 0.29) is 0 Å². The van der Waals surface area contributed by atoms with Crippen molar-refractivity contribution in [2.75, 3.05) is 14.1 Å². The van der Waals surface area contributed by atoms with E-state index >= 15 is 0 Å². The van der Waals surface area contributed by atoms with Crippen LogP contribution in [0.1, 0.15) is 42.9 Å². The molecule has 2 atom stereocenters. The molecule has 1 aromatic heterocycles. The van der Waals surface area contributed by atoms with Gasteiger partial charge < -0.3 is 9.88 Å². The van der Waals surface area contributed by atoms with Gasteiger partial charge in [0.2, 0.25) is 11.4 Å². The molecule has 0 fully saturated rings. The van der Waals surface area contributed by atoms with Crippen molar-refractivity contribution in [3.8, 4) is 12.8 Å². The monoisotopic (exact) mass is 498 g/mol. The zero-order chi connectivity index (χ0) is 26.8. The van der Waals surface area contributed by atoms with Crippen LogP contribution >= 0.6 is 11.6 Å². The summed E-state index contributed by atoms with van der Waals surface area (Å²) >= 11 is 6.80. The molecule has 5 rings (SSSR count). The van der Waals surface area contributed by atoms with Crippen molar-refractivity contribution in [3.05, 3.63) is 93.6 Å². The van der Waals surface area contributed by atoms with Crippen LogP contribution in [0.2, 0.25) is 5.02 Å². The molecule has 36 heavy (non-hydrogen) atoms. The molecular formula is C32H37ClN3+. The first-order chi connectivity index (χ1) is 17.1. The number of terminal acetylenes is 1. The molecule has 3 nitrogen and oxygen atoms in total. The number of benzene rings is 2. The molecule has 0 bridgehead atoms. The first-order valence-electron chi connectivity index (χ1n) is 12.1. The van der Waals surface area contributed by atoms with Gasteiger partial charge in [0.15, 0.2) is 0 Å². The first kappa shape index (κ1) is 27.1. The van der Waals surface area contributed by atoms with Gasteiger partial charge in [0.1, 0.15) is 5.69 Å². The van der Waals surface area contributed by atoms with Gasteiger partial charge in [0, 0.05) is 67.1 Å². The van der Waals surface area contributed by atoms with Crippen LogP contribution in [-0.2, 0) is 7.05 Å². The normalized spacial score (nSPS) is 18.4. The molecule has 0 saturated heterocycles. The standard InChI is InChI=1S/C26H27ClN3.C4H8.C2H2/c1-16-6-8-20(13-21(16)17(2)28-3)30(5)25-14-22(23(27)15-26(25)30)18-7-9-24-19(12-18)10-11-29(24)4;1-4(2)3;1-2/h6,8-15,18,28H,2,7H2,1,3-5H3;1H2,2-3H3;1-2H/q+1;;. The molecule has 0 radical (unpaired) electrons. The summed E-state index contributed by atoms with van der Waals surface area (Å²) in [5.74, 6) is 0.310. The SMILES string of the molecule is C#C.C=C(C)C.C=C(NC)c1cc([N+]2(C)c3cc(Cl)c(C4C=c5ccn(C)c5=CC4)cc32)ccc1C. The van der Waals surface area contributed by atoms with Crippen LogP contribution in [0.3, 0.4) is 0 Å². The third kappa shape index (κ3) is 4.93. The summed E-state index contributed by atoms with van der Waals surface area (Å²) in [5.41, 5.74) is 9.54. The highest BCUT2D eigenvalue weighted by Crippen LogP contribution is 2.62. The lowest BCUT2D eigenvalue weighted by Crippen LogP contribution is -2.30. The van der Waals surface area contributed by atoms with E-state index in [1.807, 2.05) is 20.9 Å². The fourth-order valence-corrected chi connectivity index (χ4v) is 5.11. The fraction of sp³-hybridized carbons (Fsp3) is 0.250. The maximum atomic E-state index is 6.80. The number of quaternary nitrogens is 1. The van der Waals surface area contributed by atoms with Gasteiger partial charge in [-0.15, -0.1) is 19.4 Å². The van der Waals surface area contributed by atoms with Crippen LogP contribution in [0.4, 0.5) is 17.1 Å². The minimum absolute atomic E-state index is 0.310. The van der Waals surface area contributed by atoms with Crippen LogP contribution in [0.15, 0.2) is 61.3 Å². The highest BCUT2D eigenvalue weighted by atomic mass is 35.5. The molecule has 2 unspecified atom stereocenters. The number of allylic oxidation sites excluding steroid dienone is 1. The Morgan fingerprint density at radius 3 is 2.39 bits per heavy atom. The molecule has 1 aliphatic carbocycles. The molecule has 4 heteroatoms. The van der Waals surface area contributed by atoms with Crippen LogP contribution in [-0.4, -0.2) is 18.7 Å². The summed E-state index contributed by atoms with van der Waals surface area (Å²) in [5, 5.41) is 6.63. The number of aryl methyl sites for hydroxylation is 2. The lowest BCUT2D eigenvalue weighted by Gasteiger charge is -2.16. The van der Waals surface area contributed by atoms with Crippen molar-refractivity contribution < 1.29 is 0 Å². The fourth-order valence-electron chi connectivity index (χ4n) is 4.81. The molecule has 2 aliphatic rings. The minimum atomic E-state index is 0.310. The highest BCUT2D eigenvalue weighted by molar-refractivity contribution is 6.32. The number of fused-ring (bicyclic) bond motifs is 2. The van der Waals surface area contributed by atoms with Crippen molar-refractivity contribution in [1.82, 2.24) is 14.4 Å². The predicted molar refractivity (Wildman–Crippen MR) is 159 cm³/mol. The quantitative estimate of drug-likeness (QED) is 0.184. The van der Waals surface area contributed by atoms with Crippen molar-refractivity contribution in [3.63, 3.8) is 0 Å². The number of halogens is 1. The molecule has 2 heterocycles. The molecule has 0 spiro atoms. The maximum absolute atomic E-state index is 6.80. The average molecular weight is 499 g/mol. The molecule has 0 amide bonds. The minimum Gasteiger partial charge on any atom is -0.388 e. The van der Waals surface area contributed by atoms with Gasteiger partial charge in [0.05, 0.1) is 12.1 Å². The smallest absolute Gasteiger partial charge is 0.206 e. The zero-order valence-electron chi connectivity index (χ0n) is 22.3. The summed E-state index contributed by atoms with van der Waals surface area (Å²) in [6.45, 7) is 13.8. The second-order valence-corrected chi connectivity index (χ2v) is 10.2. The van der Waals surface area contributed by atoms with E-state index in [4.69, 9.17) is 11.6 Å². The Hall–Kier alpha value is -3.45. The van der Waals surface area contributed by atoms with E-state index in [9.17, 15) is 0 Å². The number of hydrogen-bond donors (Lipinski definition) is 1. The molecule has 1 aliphatic heterocycles. The van der Waals surface area contributed by atoms with Crippen molar-refractivity contribution >= 4 is 46.5 Å².